The molecule has 0 bridgehead atoms. The maximum absolute atomic E-state index is 12.9. The van der Waals surface area contributed by atoms with Crippen LogP contribution in [0.15, 0.2) is 53.5 Å². The number of benzene rings is 2. The van der Waals surface area contributed by atoms with Crippen LogP contribution in [0, 0.1) is 0 Å². The molecule has 1 amide bonds. The van der Waals surface area contributed by atoms with Gasteiger partial charge in [-0.25, -0.2) is 0 Å². The lowest BCUT2D eigenvalue weighted by atomic mass is 10.1. The molecular weight excluding hydrogens is 352 g/mol. The Hall–Kier alpha value is -2.79. The summed E-state index contributed by atoms with van der Waals surface area (Å²) in [7, 11) is 1.52. The highest BCUT2D eigenvalue weighted by Crippen LogP contribution is 2.24. The smallest absolute Gasteiger partial charge is 0.261 e. The van der Waals surface area contributed by atoms with E-state index < -0.39 is 5.91 Å². The van der Waals surface area contributed by atoms with Gasteiger partial charge in [-0.3, -0.25) is 9.59 Å². The van der Waals surface area contributed by atoms with Crippen LogP contribution in [0.3, 0.4) is 0 Å². The summed E-state index contributed by atoms with van der Waals surface area (Å²) in [5.74, 6) is 0.0321. The Kier molecular flexibility index (Phi) is 5.00. The second kappa shape index (κ2) is 7.22. The third kappa shape index (κ3) is 3.30. The molecule has 134 valence electrons. The number of fused-ring (bicyclic) bond motifs is 1. The van der Waals surface area contributed by atoms with Gasteiger partial charge >= 0.3 is 0 Å². The van der Waals surface area contributed by atoms with Crippen molar-refractivity contribution in [1.82, 2.24) is 4.57 Å². The second-order valence-electron chi connectivity index (χ2n) is 6.19. The van der Waals surface area contributed by atoms with Gasteiger partial charge in [-0.1, -0.05) is 23.7 Å². The minimum absolute atomic E-state index is 0.0550. The molecule has 2 aromatic carbocycles. The summed E-state index contributed by atoms with van der Waals surface area (Å²) >= 11 is 6.06. The summed E-state index contributed by atoms with van der Waals surface area (Å²) in [5, 5.41) is 3.62. The minimum atomic E-state index is -0.490. The zero-order chi connectivity index (χ0) is 18.8. The third-order valence-electron chi connectivity index (χ3n) is 4.15. The normalized spacial score (nSPS) is 11.0. The predicted molar refractivity (Wildman–Crippen MR) is 105 cm³/mol. The van der Waals surface area contributed by atoms with Gasteiger partial charge in [0.1, 0.15) is 11.3 Å². The molecule has 0 saturated heterocycles. The summed E-state index contributed by atoms with van der Waals surface area (Å²) in [5.41, 5.74) is 0.941. The molecule has 5 nitrogen and oxygen atoms in total. The Labute approximate surface area is 156 Å². The molecule has 0 atom stereocenters. The fourth-order valence-electron chi connectivity index (χ4n) is 2.85. The number of aromatic nitrogens is 1. The minimum Gasteiger partial charge on any atom is -0.495 e. The number of para-hydroxylation sites is 2. The summed E-state index contributed by atoms with van der Waals surface area (Å²) in [4.78, 5) is 25.7. The van der Waals surface area contributed by atoms with Crippen molar-refractivity contribution in [1.29, 1.82) is 0 Å². The number of carbonyl (C=O) groups excluding carboxylic acids is 1. The van der Waals surface area contributed by atoms with Gasteiger partial charge in [0.15, 0.2) is 0 Å². The number of hydrogen-bond donors (Lipinski definition) is 1. The molecule has 0 unspecified atom stereocenters. The van der Waals surface area contributed by atoms with Crippen molar-refractivity contribution in [2.75, 3.05) is 12.4 Å². The number of nitrogens with one attached hydrogen (secondary N) is 1. The van der Waals surface area contributed by atoms with Crippen molar-refractivity contribution < 1.29 is 9.53 Å². The van der Waals surface area contributed by atoms with Gasteiger partial charge in [-0.2, -0.15) is 0 Å². The van der Waals surface area contributed by atoms with Gasteiger partial charge in [0, 0.05) is 22.6 Å². The van der Waals surface area contributed by atoms with Crippen LogP contribution < -0.4 is 15.5 Å². The van der Waals surface area contributed by atoms with E-state index in [9.17, 15) is 9.59 Å². The molecule has 1 heterocycles. The first-order chi connectivity index (χ1) is 12.4. The standard InChI is InChI=1S/C20H19ClN2O3/c1-12(2)23-11-15(19(24)14-10-13(21)8-9-17(14)23)20(25)22-16-6-4-5-7-18(16)26-3/h4-12H,1-3H3,(H,22,25). The van der Waals surface area contributed by atoms with Crippen molar-refractivity contribution in [3.63, 3.8) is 0 Å². The lowest BCUT2D eigenvalue weighted by molar-refractivity contribution is 0.102. The second-order valence-corrected chi connectivity index (χ2v) is 6.63. The van der Waals surface area contributed by atoms with Gasteiger partial charge in [-0.05, 0) is 44.2 Å². The molecule has 0 aliphatic heterocycles. The van der Waals surface area contributed by atoms with E-state index in [0.29, 0.717) is 21.8 Å². The maximum Gasteiger partial charge on any atom is 0.261 e. The summed E-state index contributed by atoms with van der Waals surface area (Å²) in [6.45, 7) is 3.97. The zero-order valence-electron chi connectivity index (χ0n) is 14.7. The van der Waals surface area contributed by atoms with Crippen LogP contribution in [0.1, 0.15) is 30.2 Å². The molecular formula is C20H19ClN2O3. The number of amides is 1. The molecule has 26 heavy (non-hydrogen) atoms. The van der Waals surface area contributed by atoms with Crippen LogP contribution >= 0.6 is 11.6 Å². The Balaban J connectivity index is 2.13. The number of anilines is 1. The first-order valence-corrected chi connectivity index (χ1v) is 8.59. The Morgan fingerprint density at radius 2 is 1.92 bits per heavy atom. The SMILES string of the molecule is COc1ccccc1NC(=O)c1cn(C(C)C)c2ccc(Cl)cc2c1=O. The number of ether oxygens (including phenoxy) is 1. The van der Waals surface area contributed by atoms with Crippen LogP contribution in [0.25, 0.3) is 10.9 Å². The van der Waals surface area contributed by atoms with Crippen molar-refractivity contribution in [3.8, 4) is 5.75 Å². The molecule has 3 rings (SSSR count). The first kappa shape index (κ1) is 18.0. The summed E-state index contributed by atoms with van der Waals surface area (Å²) in [6, 6.07) is 12.2. The molecule has 3 aromatic rings. The van der Waals surface area contributed by atoms with E-state index in [1.165, 1.54) is 7.11 Å². The summed E-state index contributed by atoms with van der Waals surface area (Å²) < 4.78 is 7.14. The molecule has 0 fully saturated rings. The van der Waals surface area contributed by atoms with E-state index in [2.05, 4.69) is 5.32 Å². The van der Waals surface area contributed by atoms with Crippen LogP contribution in [0.4, 0.5) is 5.69 Å². The first-order valence-electron chi connectivity index (χ1n) is 8.21. The number of rotatable bonds is 4. The topological polar surface area (TPSA) is 60.3 Å². The quantitative estimate of drug-likeness (QED) is 0.735. The van der Waals surface area contributed by atoms with Gasteiger partial charge in [0.2, 0.25) is 5.43 Å². The van der Waals surface area contributed by atoms with Crippen LogP contribution in [-0.4, -0.2) is 17.6 Å². The maximum atomic E-state index is 12.9. The molecule has 0 radical (unpaired) electrons. The van der Waals surface area contributed by atoms with Crippen LogP contribution in [0.5, 0.6) is 5.75 Å². The summed E-state index contributed by atoms with van der Waals surface area (Å²) in [6.07, 6.45) is 1.59. The van der Waals surface area contributed by atoms with Gasteiger partial charge < -0.3 is 14.6 Å². The highest BCUT2D eigenvalue weighted by molar-refractivity contribution is 6.31. The van der Waals surface area contributed by atoms with Gasteiger partial charge in [-0.15, -0.1) is 0 Å². The van der Waals surface area contributed by atoms with E-state index >= 15 is 0 Å². The number of methoxy groups -OCH3 is 1. The van der Waals surface area contributed by atoms with E-state index in [0.717, 1.165) is 5.52 Å². The number of carbonyl (C=O) groups is 1. The number of nitrogens with zero attached hydrogens (tertiary/aromatic N) is 1. The fourth-order valence-corrected chi connectivity index (χ4v) is 3.03. The average molecular weight is 371 g/mol. The van der Waals surface area contributed by atoms with Crippen molar-refractivity contribution >= 4 is 34.1 Å². The number of halogens is 1. The van der Waals surface area contributed by atoms with Crippen LogP contribution in [0.2, 0.25) is 5.02 Å². The highest BCUT2D eigenvalue weighted by atomic mass is 35.5. The zero-order valence-corrected chi connectivity index (χ0v) is 15.5. The molecule has 0 aliphatic rings. The molecule has 1 aromatic heterocycles. The van der Waals surface area contributed by atoms with Gasteiger partial charge in [0.25, 0.3) is 5.91 Å². The Morgan fingerprint density at radius 3 is 2.62 bits per heavy atom. The fraction of sp³-hybridized carbons (Fsp3) is 0.200. The number of pyridine rings is 1. The van der Waals surface area contributed by atoms with E-state index in [4.69, 9.17) is 16.3 Å². The van der Waals surface area contributed by atoms with E-state index in [-0.39, 0.29) is 17.0 Å². The molecule has 6 heteroatoms. The van der Waals surface area contributed by atoms with E-state index in [1.54, 1.807) is 48.7 Å². The highest BCUT2D eigenvalue weighted by Gasteiger charge is 2.18. The molecule has 0 saturated carbocycles. The molecule has 0 spiro atoms. The monoisotopic (exact) mass is 370 g/mol. The predicted octanol–water partition coefficient (Wildman–Crippen LogP) is 4.50. The van der Waals surface area contributed by atoms with Crippen molar-refractivity contribution in [2.45, 2.75) is 19.9 Å². The van der Waals surface area contributed by atoms with Crippen molar-refractivity contribution in [2.24, 2.45) is 0 Å². The third-order valence-corrected chi connectivity index (χ3v) is 4.39. The molecule has 1 N–H and O–H groups in total. The lowest BCUT2D eigenvalue weighted by Crippen LogP contribution is -2.24. The Morgan fingerprint density at radius 1 is 1.19 bits per heavy atom. The van der Waals surface area contributed by atoms with Gasteiger partial charge in [0.05, 0.1) is 18.3 Å². The van der Waals surface area contributed by atoms with Crippen molar-refractivity contribution in [3.05, 3.63) is 69.5 Å². The lowest BCUT2D eigenvalue weighted by Gasteiger charge is -2.17. The largest absolute Gasteiger partial charge is 0.495 e. The molecule has 0 aliphatic carbocycles. The Bertz CT molecular complexity index is 1040. The van der Waals surface area contributed by atoms with E-state index in [1.807, 2.05) is 18.4 Å². The van der Waals surface area contributed by atoms with Crippen LogP contribution in [-0.2, 0) is 0 Å². The average Bonchev–Trinajstić information content (AvgIpc) is 2.62. The number of hydrogen-bond acceptors (Lipinski definition) is 3.